The number of benzene rings is 1. The van der Waals surface area contributed by atoms with Gasteiger partial charge in [0.1, 0.15) is 6.61 Å². The summed E-state index contributed by atoms with van der Waals surface area (Å²) in [5, 5.41) is 0. The average molecular weight is 227 g/mol. The third-order valence-electron chi connectivity index (χ3n) is 1.78. The number of carbonyl (C=O) groups excluding carboxylic acids is 2. The van der Waals surface area contributed by atoms with Crippen LogP contribution in [0.2, 0.25) is 0 Å². The lowest BCUT2D eigenvalue weighted by molar-refractivity contribution is -0.138. The Morgan fingerprint density at radius 3 is 2.40 bits per heavy atom. The summed E-state index contributed by atoms with van der Waals surface area (Å²) in [7, 11) is 0. The van der Waals surface area contributed by atoms with Gasteiger partial charge in [-0.05, 0) is 5.56 Å². The summed E-state index contributed by atoms with van der Waals surface area (Å²) in [5.74, 6) is -1.47. The molecule has 3 nitrogen and oxygen atoms in total. The van der Waals surface area contributed by atoms with Crippen molar-refractivity contribution >= 4 is 23.2 Å². The van der Waals surface area contributed by atoms with Gasteiger partial charge in [0.15, 0.2) is 0 Å². The van der Waals surface area contributed by atoms with Crippen molar-refractivity contribution in [1.29, 1.82) is 0 Å². The summed E-state index contributed by atoms with van der Waals surface area (Å²) in [6.45, 7) is 0.114. The normalized spacial score (nSPS) is 9.93. The molecule has 4 heteroatoms. The maximum Gasteiger partial charge on any atom is 0.225 e. The van der Waals surface area contributed by atoms with E-state index in [1.165, 1.54) is 0 Å². The fourth-order valence-corrected chi connectivity index (χ4v) is 1.14. The van der Waals surface area contributed by atoms with Crippen LogP contribution in [0.5, 0.6) is 0 Å². The van der Waals surface area contributed by atoms with Crippen LogP contribution in [0.3, 0.4) is 0 Å². The Hall–Kier alpha value is -1.19. The van der Waals surface area contributed by atoms with Gasteiger partial charge in [0.2, 0.25) is 11.6 Å². The average Bonchev–Trinajstić information content (AvgIpc) is 2.29. The highest BCUT2D eigenvalue weighted by atomic mass is 35.5. The van der Waals surface area contributed by atoms with E-state index in [2.05, 4.69) is 0 Å². The van der Waals surface area contributed by atoms with Crippen LogP contribution in [-0.2, 0) is 20.9 Å². The second kappa shape index (κ2) is 6.32. The van der Waals surface area contributed by atoms with Crippen molar-refractivity contribution in [3.05, 3.63) is 35.9 Å². The summed E-state index contributed by atoms with van der Waals surface area (Å²) < 4.78 is 5.08. The number of ketones is 2. The molecule has 0 bridgehead atoms. The van der Waals surface area contributed by atoms with Gasteiger partial charge in [-0.25, -0.2) is 0 Å². The summed E-state index contributed by atoms with van der Waals surface area (Å²) in [6.07, 6.45) is 0. The molecule has 0 aromatic heterocycles. The van der Waals surface area contributed by atoms with Gasteiger partial charge in [0.25, 0.3) is 0 Å². The first-order chi connectivity index (χ1) is 7.24. The van der Waals surface area contributed by atoms with Crippen LogP contribution < -0.4 is 0 Å². The predicted octanol–water partition coefficient (Wildman–Crippen LogP) is 1.58. The van der Waals surface area contributed by atoms with Gasteiger partial charge in [-0.1, -0.05) is 30.3 Å². The van der Waals surface area contributed by atoms with E-state index in [-0.39, 0.29) is 12.5 Å². The molecular formula is C11H11ClO3. The number of Topliss-reactive ketones (excluding diaryl/α,β-unsaturated/α-hetero) is 2. The first-order valence-corrected chi connectivity index (χ1v) is 5.01. The molecule has 0 N–H and O–H groups in total. The van der Waals surface area contributed by atoms with E-state index in [0.29, 0.717) is 6.61 Å². The van der Waals surface area contributed by atoms with Crippen LogP contribution in [0.15, 0.2) is 30.3 Å². The number of ether oxygens (including phenoxy) is 1. The van der Waals surface area contributed by atoms with Crippen molar-refractivity contribution in [2.24, 2.45) is 0 Å². The van der Waals surface area contributed by atoms with Gasteiger partial charge in [-0.3, -0.25) is 9.59 Å². The molecule has 0 aliphatic heterocycles. The third-order valence-corrected chi connectivity index (χ3v) is 2.02. The zero-order valence-corrected chi connectivity index (χ0v) is 8.87. The maximum atomic E-state index is 11.0. The van der Waals surface area contributed by atoms with Crippen molar-refractivity contribution < 1.29 is 14.3 Å². The zero-order valence-electron chi connectivity index (χ0n) is 8.11. The van der Waals surface area contributed by atoms with Crippen LogP contribution in [-0.4, -0.2) is 24.1 Å². The quantitative estimate of drug-likeness (QED) is 0.547. The molecule has 0 radical (unpaired) electrons. The first kappa shape index (κ1) is 11.9. The minimum absolute atomic E-state index is 0.208. The fourth-order valence-electron chi connectivity index (χ4n) is 0.991. The molecule has 0 saturated carbocycles. The standard InChI is InChI=1S/C11H11ClO3/c12-6-10(13)11(14)8-15-7-9-4-2-1-3-5-9/h1-5H,6-8H2. The van der Waals surface area contributed by atoms with Crippen molar-refractivity contribution in [2.45, 2.75) is 6.61 Å². The van der Waals surface area contributed by atoms with Gasteiger partial charge in [-0.2, -0.15) is 0 Å². The molecule has 0 aliphatic carbocycles. The lowest BCUT2D eigenvalue weighted by atomic mass is 10.2. The molecule has 0 heterocycles. The smallest absolute Gasteiger partial charge is 0.225 e. The summed E-state index contributed by atoms with van der Waals surface area (Å²) >= 11 is 5.22. The monoisotopic (exact) mass is 226 g/mol. The number of hydrogen-bond donors (Lipinski definition) is 0. The van der Waals surface area contributed by atoms with Crippen LogP contribution in [0.4, 0.5) is 0 Å². The minimum Gasteiger partial charge on any atom is -0.368 e. The Morgan fingerprint density at radius 1 is 1.13 bits per heavy atom. The molecule has 0 fully saturated rings. The van der Waals surface area contributed by atoms with E-state index < -0.39 is 11.6 Å². The van der Waals surface area contributed by atoms with Crippen molar-refractivity contribution in [1.82, 2.24) is 0 Å². The number of carbonyl (C=O) groups is 2. The third kappa shape index (κ3) is 4.23. The van der Waals surface area contributed by atoms with Gasteiger partial charge in [0, 0.05) is 0 Å². The number of halogens is 1. The van der Waals surface area contributed by atoms with Crippen molar-refractivity contribution in [2.75, 3.05) is 12.5 Å². The Balaban J connectivity index is 2.28. The Morgan fingerprint density at radius 2 is 1.80 bits per heavy atom. The summed E-state index contributed by atoms with van der Waals surface area (Å²) in [6, 6.07) is 9.42. The van der Waals surface area contributed by atoms with E-state index in [1.54, 1.807) is 0 Å². The number of hydrogen-bond acceptors (Lipinski definition) is 3. The van der Waals surface area contributed by atoms with Gasteiger partial charge >= 0.3 is 0 Å². The van der Waals surface area contributed by atoms with Crippen LogP contribution in [0.1, 0.15) is 5.56 Å². The Kier molecular flexibility index (Phi) is 5.01. The van der Waals surface area contributed by atoms with E-state index in [0.717, 1.165) is 5.56 Å². The molecule has 0 spiro atoms. The highest BCUT2D eigenvalue weighted by Gasteiger charge is 2.11. The lowest BCUT2D eigenvalue weighted by Gasteiger charge is -2.01. The van der Waals surface area contributed by atoms with Gasteiger partial charge in [0.05, 0.1) is 12.5 Å². The molecule has 0 amide bonds. The summed E-state index contributed by atoms with van der Waals surface area (Å²) in [4.78, 5) is 21.8. The van der Waals surface area contributed by atoms with E-state index in [4.69, 9.17) is 16.3 Å². The molecular weight excluding hydrogens is 216 g/mol. The largest absolute Gasteiger partial charge is 0.368 e. The second-order valence-corrected chi connectivity index (χ2v) is 3.23. The Bertz CT molecular complexity index is 335. The summed E-state index contributed by atoms with van der Waals surface area (Å²) in [5.41, 5.74) is 0.962. The highest BCUT2D eigenvalue weighted by molar-refractivity contribution is 6.47. The van der Waals surface area contributed by atoms with Crippen LogP contribution >= 0.6 is 11.6 Å². The number of rotatable bonds is 6. The predicted molar refractivity (Wildman–Crippen MR) is 56.8 cm³/mol. The second-order valence-electron chi connectivity index (χ2n) is 2.96. The van der Waals surface area contributed by atoms with E-state index in [1.807, 2.05) is 30.3 Å². The van der Waals surface area contributed by atoms with Crippen molar-refractivity contribution in [3.8, 4) is 0 Å². The van der Waals surface area contributed by atoms with Gasteiger partial charge in [-0.15, -0.1) is 11.6 Å². The maximum absolute atomic E-state index is 11.0. The van der Waals surface area contributed by atoms with Crippen molar-refractivity contribution in [3.63, 3.8) is 0 Å². The van der Waals surface area contributed by atoms with E-state index >= 15 is 0 Å². The fraction of sp³-hybridized carbons (Fsp3) is 0.273. The SMILES string of the molecule is O=C(CCl)C(=O)COCc1ccccc1. The molecule has 1 rings (SSSR count). The minimum atomic E-state index is -0.607. The number of alkyl halides is 1. The molecule has 80 valence electrons. The molecule has 1 aromatic rings. The van der Waals surface area contributed by atoms with Gasteiger partial charge < -0.3 is 4.74 Å². The molecule has 0 atom stereocenters. The highest BCUT2D eigenvalue weighted by Crippen LogP contribution is 2.00. The molecule has 0 saturated heterocycles. The topological polar surface area (TPSA) is 43.4 Å². The van der Waals surface area contributed by atoms with Crippen LogP contribution in [0.25, 0.3) is 0 Å². The lowest BCUT2D eigenvalue weighted by Crippen LogP contribution is -2.20. The zero-order chi connectivity index (χ0) is 11.1. The van der Waals surface area contributed by atoms with E-state index in [9.17, 15) is 9.59 Å². The molecule has 15 heavy (non-hydrogen) atoms. The molecule has 1 aromatic carbocycles. The first-order valence-electron chi connectivity index (χ1n) is 4.47. The molecule has 0 unspecified atom stereocenters. The van der Waals surface area contributed by atoms with Crippen LogP contribution in [0, 0.1) is 0 Å². The Labute approximate surface area is 93.0 Å². The molecule has 0 aliphatic rings.